The molecule has 2 aliphatic rings. The number of nitrogens with one attached hydrogen (secondary N) is 1. The van der Waals surface area contributed by atoms with Gasteiger partial charge in [-0.3, -0.25) is 19.3 Å². The average molecular weight is 388 g/mol. The van der Waals surface area contributed by atoms with Crippen LogP contribution in [0.5, 0.6) is 0 Å². The van der Waals surface area contributed by atoms with Gasteiger partial charge in [-0.15, -0.1) is 0 Å². The maximum absolute atomic E-state index is 11.6. The van der Waals surface area contributed by atoms with Crippen molar-refractivity contribution < 1.29 is 24.3 Å². The SMILES string of the molecule is CC1(CCC(=O)NCCSSCC(C(=O)O)N2C(=O)CCC2=O)N=N1. The number of aliphatic carboxylic acids is 1. The number of carboxylic acids is 1. The molecule has 1 saturated heterocycles. The summed E-state index contributed by atoms with van der Waals surface area (Å²) in [4.78, 5) is 47.1. The fourth-order valence-corrected chi connectivity index (χ4v) is 4.32. The number of nitrogens with zero attached hydrogens (tertiary/aromatic N) is 3. The predicted octanol–water partition coefficient (Wildman–Crippen LogP) is 1.05. The highest BCUT2D eigenvalue weighted by Gasteiger charge is 2.38. The Labute approximate surface area is 152 Å². The van der Waals surface area contributed by atoms with Gasteiger partial charge in [0.15, 0.2) is 5.66 Å². The van der Waals surface area contributed by atoms with E-state index in [9.17, 15) is 24.3 Å². The summed E-state index contributed by atoms with van der Waals surface area (Å²) in [6.07, 6.45) is 1.11. The quantitative estimate of drug-likeness (QED) is 0.307. The minimum Gasteiger partial charge on any atom is -0.480 e. The van der Waals surface area contributed by atoms with Crippen molar-refractivity contribution in [3.63, 3.8) is 0 Å². The molecule has 9 nitrogen and oxygen atoms in total. The Morgan fingerprint density at radius 3 is 2.48 bits per heavy atom. The highest BCUT2D eigenvalue weighted by molar-refractivity contribution is 8.76. The van der Waals surface area contributed by atoms with Crippen LogP contribution in [0.2, 0.25) is 0 Å². The number of hydrogen-bond acceptors (Lipinski definition) is 8. The van der Waals surface area contributed by atoms with Crippen molar-refractivity contribution in [2.45, 2.75) is 44.3 Å². The molecule has 0 spiro atoms. The summed E-state index contributed by atoms with van der Waals surface area (Å²) in [5, 5.41) is 19.7. The molecule has 25 heavy (non-hydrogen) atoms. The van der Waals surface area contributed by atoms with Gasteiger partial charge >= 0.3 is 5.97 Å². The summed E-state index contributed by atoms with van der Waals surface area (Å²) in [7, 11) is 2.66. The number of amides is 3. The van der Waals surface area contributed by atoms with Crippen LogP contribution in [0.3, 0.4) is 0 Å². The number of rotatable bonds is 11. The van der Waals surface area contributed by atoms with Gasteiger partial charge in [-0.05, 0) is 6.92 Å². The largest absolute Gasteiger partial charge is 0.480 e. The van der Waals surface area contributed by atoms with Crippen molar-refractivity contribution in [1.82, 2.24) is 10.2 Å². The highest BCUT2D eigenvalue weighted by Crippen LogP contribution is 2.31. The Bertz CT molecular complexity index is 576. The molecular weight excluding hydrogens is 368 g/mol. The lowest BCUT2D eigenvalue weighted by Crippen LogP contribution is -2.46. The first kappa shape index (κ1) is 19.7. The molecule has 2 N–H and O–H groups in total. The second-order valence-corrected chi connectivity index (χ2v) is 8.51. The zero-order valence-electron chi connectivity index (χ0n) is 13.8. The number of carbonyl (C=O) groups excluding carboxylic acids is 3. The zero-order chi connectivity index (χ0) is 18.4. The van der Waals surface area contributed by atoms with Crippen LogP contribution in [-0.4, -0.2) is 63.5 Å². The van der Waals surface area contributed by atoms with Gasteiger partial charge in [0, 0.05) is 43.7 Å². The molecule has 0 saturated carbocycles. The summed E-state index contributed by atoms with van der Waals surface area (Å²) in [6.45, 7) is 2.32. The van der Waals surface area contributed by atoms with Crippen LogP contribution in [-0.2, 0) is 19.2 Å². The monoisotopic (exact) mass is 388 g/mol. The average Bonchev–Trinajstić information content (AvgIpc) is 3.21. The van der Waals surface area contributed by atoms with E-state index in [1.807, 2.05) is 6.92 Å². The molecule has 2 aliphatic heterocycles. The van der Waals surface area contributed by atoms with Crippen LogP contribution < -0.4 is 5.32 Å². The zero-order valence-corrected chi connectivity index (χ0v) is 15.4. The lowest BCUT2D eigenvalue weighted by atomic mass is 10.1. The lowest BCUT2D eigenvalue weighted by molar-refractivity contribution is -0.153. The van der Waals surface area contributed by atoms with Gasteiger partial charge < -0.3 is 10.4 Å². The fourth-order valence-electron chi connectivity index (χ4n) is 2.23. The molecule has 138 valence electrons. The molecule has 0 radical (unpaired) electrons. The third kappa shape index (κ3) is 5.99. The molecule has 1 fully saturated rings. The van der Waals surface area contributed by atoms with Crippen LogP contribution in [0.15, 0.2) is 10.2 Å². The second-order valence-electron chi connectivity index (χ2n) is 5.88. The number of carboxylic acid groups (broad SMARTS) is 1. The molecule has 0 aliphatic carbocycles. The molecule has 0 bridgehead atoms. The van der Waals surface area contributed by atoms with Gasteiger partial charge in [0.05, 0.1) is 0 Å². The molecule has 1 unspecified atom stereocenters. The molecule has 1 atom stereocenters. The Morgan fingerprint density at radius 1 is 1.28 bits per heavy atom. The molecule has 3 amide bonds. The Morgan fingerprint density at radius 2 is 1.92 bits per heavy atom. The Balaban J connectivity index is 1.59. The lowest BCUT2D eigenvalue weighted by Gasteiger charge is -2.21. The maximum atomic E-state index is 11.6. The minimum atomic E-state index is -1.19. The first-order valence-corrected chi connectivity index (χ1v) is 10.3. The van der Waals surface area contributed by atoms with Crippen molar-refractivity contribution >= 4 is 45.3 Å². The standard InChI is InChI=1S/C14H20N4O5S2/c1-14(16-17-14)5-4-10(19)15-6-7-24-25-8-9(13(22)23)18-11(20)2-3-12(18)21/h9H,2-8H2,1H3,(H,15,19)(H,22,23). The normalized spacial score (nSPS) is 19.2. The van der Waals surface area contributed by atoms with Crippen molar-refractivity contribution in [2.75, 3.05) is 18.1 Å². The third-order valence-electron chi connectivity index (χ3n) is 3.77. The van der Waals surface area contributed by atoms with E-state index in [4.69, 9.17) is 0 Å². The van der Waals surface area contributed by atoms with Crippen LogP contribution in [0.4, 0.5) is 0 Å². The Kier molecular flexibility index (Phi) is 6.82. The summed E-state index contributed by atoms with van der Waals surface area (Å²) >= 11 is 0. The van der Waals surface area contributed by atoms with E-state index < -0.39 is 23.8 Å². The van der Waals surface area contributed by atoms with E-state index in [2.05, 4.69) is 15.5 Å². The molecule has 2 rings (SSSR count). The van der Waals surface area contributed by atoms with Gasteiger partial charge in [0.1, 0.15) is 6.04 Å². The van der Waals surface area contributed by atoms with Gasteiger partial charge in [-0.2, -0.15) is 10.2 Å². The number of likely N-dealkylation sites (tertiary alicyclic amines) is 1. The number of carbonyl (C=O) groups is 4. The smallest absolute Gasteiger partial charge is 0.327 e. The molecule has 11 heteroatoms. The van der Waals surface area contributed by atoms with Gasteiger partial charge in [0.25, 0.3) is 0 Å². The van der Waals surface area contributed by atoms with E-state index in [1.54, 1.807) is 0 Å². The first-order chi connectivity index (χ1) is 11.8. The molecule has 0 aromatic heterocycles. The van der Waals surface area contributed by atoms with Gasteiger partial charge in [-0.25, -0.2) is 4.79 Å². The van der Waals surface area contributed by atoms with E-state index in [0.717, 1.165) is 4.90 Å². The van der Waals surface area contributed by atoms with Crippen molar-refractivity contribution in [3.8, 4) is 0 Å². The van der Waals surface area contributed by atoms with E-state index in [0.29, 0.717) is 25.1 Å². The second kappa shape index (κ2) is 8.65. The molecule has 0 aromatic rings. The minimum absolute atomic E-state index is 0.0687. The van der Waals surface area contributed by atoms with E-state index in [1.165, 1.54) is 21.6 Å². The maximum Gasteiger partial charge on any atom is 0.327 e. The van der Waals surface area contributed by atoms with Gasteiger partial charge in [-0.1, -0.05) is 21.6 Å². The van der Waals surface area contributed by atoms with Gasteiger partial charge in [0.2, 0.25) is 17.7 Å². The van der Waals surface area contributed by atoms with E-state index >= 15 is 0 Å². The van der Waals surface area contributed by atoms with Crippen molar-refractivity contribution in [3.05, 3.63) is 0 Å². The van der Waals surface area contributed by atoms with Crippen LogP contribution >= 0.6 is 21.6 Å². The first-order valence-electron chi connectivity index (χ1n) is 7.85. The molecule has 0 aromatic carbocycles. The summed E-state index contributed by atoms with van der Waals surface area (Å²) in [5.74, 6) is -1.41. The van der Waals surface area contributed by atoms with Crippen LogP contribution in [0.25, 0.3) is 0 Å². The molecule has 2 heterocycles. The molecular formula is C14H20N4O5S2. The van der Waals surface area contributed by atoms with Crippen molar-refractivity contribution in [2.24, 2.45) is 10.2 Å². The Hall–Kier alpha value is -1.62. The highest BCUT2D eigenvalue weighted by atomic mass is 33.1. The summed E-state index contributed by atoms with van der Waals surface area (Å²) < 4.78 is 0. The number of imide groups is 1. The topological polar surface area (TPSA) is 128 Å². The van der Waals surface area contributed by atoms with Crippen molar-refractivity contribution in [1.29, 1.82) is 0 Å². The van der Waals surface area contributed by atoms with Crippen LogP contribution in [0, 0.1) is 0 Å². The summed E-state index contributed by atoms with van der Waals surface area (Å²) in [5.41, 5.74) is -0.377. The third-order valence-corrected chi connectivity index (χ3v) is 6.17. The predicted molar refractivity (Wildman–Crippen MR) is 92.9 cm³/mol. The fraction of sp³-hybridized carbons (Fsp3) is 0.714. The van der Waals surface area contributed by atoms with Crippen LogP contribution in [0.1, 0.15) is 32.6 Å². The number of hydrogen-bond donors (Lipinski definition) is 2. The summed E-state index contributed by atoms with van der Waals surface area (Å²) in [6, 6.07) is -1.14. The van der Waals surface area contributed by atoms with E-state index in [-0.39, 0.29) is 30.2 Å².